The van der Waals surface area contributed by atoms with E-state index in [1.165, 1.54) is 11.1 Å². The molecule has 1 fully saturated rings. The predicted molar refractivity (Wildman–Crippen MR) is 104 cm³/mol. The van der Waals surface area contributed by atoms with Crippen molar-refractivity contribution in [2.75, 3.05) is 53.4 Å². The second-order valence-corrected chi connectivity index (χ2v) is 7.29. The second-order valence-electron chi connectivity index (χ2n) is 7.29. The van der Waals surface area contributed by atoms with Gasteiger partial charge in [-0.2, -0.15) is 5.10 Å². The van der Waals surface area contributed by atoms with Crippen LogP contribution in [0.1, 0.15) is 16.8 Å². The number of hydrogen-bond acceptors (Lipinski definition) is 5. The minimum Gasteiger partial charge on any atom is -0.492 e. The topological polar surface area (TPSA) is 47.6 Å². The number of aromatic nitrogens is 2. The van der Waals surface area contributed by atoms with Gasteiger partial charge in [-0.05, 0) is 27.1 Å². The first-order valence-electron chi connectivity index (χ1n) is 9.41. The Balaban J connectivity index is 1.50. The van der Waals surface area contributed by atoms with Crippen LogP contribution in [0.3, 0.4) is 0 Å². The molecule has 0 atom stereocenters. The molecule has 26 heavy (non-hydrogen) atoms. The molecular formula is C20H31N5O. The van der Waals surface area contributed by atoms with Gasteiger partial charge in [-0.3, -0.25) is 14.9 Å². The van der Waals surface area contributed by atoms with E-state index in [-0.39, 0.29) is 0 Å². The quantitative estimate of drug-likeness (QED) is 0.783. The molecule has 1 aliphatic rings. The maximum absolute atomic E-state index is 6.13. The van der Waals surface area contributed by atoms with Crippen molar-refractivity contribution >= 4 is 0 Å². The van der Waals surface area contributed by atoms with Crippen molar-refractivity contribution < 1.29 is 4.74 Å². The fourth-order valence-electron chi connectivity index (χ4n) is 3.30. The average Bonchev–Trinajstić information content (AvgIpc) is 3.03. The molecule has 1 aromatic carbocycles. The third-order valence-electron chi connectivity index (χ3n) is 5.05. The first-order chi connectivity index (χ1) is 12.6. The summed E-state index contributed by atoms with van der Waals surface area (Å²) in [4.78, 5) is 7.15. The molecule has 0 radical (unpaired) electrons. The fraction of sp³-hybridized carbons (Fsp3) is 0.550. The van der Waals surface area contributed by atoms with Crippen molar-refractivity contribution in [3.63, 3.8) is 0 Å². The lowest BCUT2D eigenvalue weighted by atomic mass is 10.1. The van der Waals surface area contributed by atoms with E-state index in [4.69, 9.17) is 4.74 Å². The van der Waals surface area contributed by atoms with Gasteiger partial charge in [-0.25, -0.2) is 0 Å². The first-order valence-corrected chi connectivity index (χ1v) is 9.41. The van der Waals surface area contributed by atoms with Gasteiger partial charge in [0.05, 0.1) is 6.20 Å². The van der Waals surface area contributed by atoms with Gasteiger partial charge in [0, 0.05) is 62.6 Å². The molecule has 2 heterocycles. The van der Waals surface area contributed by atoms with Gasteiger partial charge in [0.15, 0.2) is 0 Å². The van der Waals surface area contributed by atoms with Crippen LogP contribution in [0.15, 0.2) is 30.5 Å². The van der Waals surface area contributed by atoms with Crippen molar-refractivity contribution in [3.8, 4) is 5.75 Å². The summed E-state index contributed by atoms with van der Waals surface area (Å²) < 4.78 is 6.13. The summed E-state index contributed by atoms with van der Waals surface area (Å²) in [6.07, 6.45) is 1.91. The maximum Gasteiger partial charge on any atom is 0.123 e. The van der Waals surface area contributed by atoms with E-state index in [0.29, 0.717) is 0 Å². The SMILES string of the molecule is Cc1[nH]ncc1CN(C)Cc1ccccc1OCCN1CCN(C)CC1. The minimum atomic E-state index is 0.741. The van der Waals surface area contributed by atoms with Gasteiger partial charge in [0.25, 0.3) is 0 Å². The van der Waals surface area contributed by atoms with Crippen molar-refractivity contribution in [3.05, 3.63) is 47.3 Å². The van der Waals surface area contributed by atoms with E-state index < -0.39 is 0 Å². The number of para-hydroxylation sites is 1. The summed E-state index contributed by atoms with van der Waals surface area (Å²) in [5.74, 6) is 0.998. The minimum absolute atomic E-state index is 0.741. The Morgan fingerprint density at radius 3 is 2.58 bits per heavy atom. The van der Waals surface area contributed by atoms with Gasteiger partial charge in [0.2, 0.25) is 0 Å². The number of benzene rings is 1. The molecule has 2 aromatic rings. The molecule has 6 nitrogen and oxygen atoms in total. The van der Waals surface area contributed by atoms with Crippen LogP contribution in [-0.2, 0) is 13.1 Å². The standard InChI is InChI=1S/C20H31N5O/c1-17-19(14-21-22-17)16-24(3)15-18-6-4-5-7-20(18)26-13-12-25-10-8-23(2)9-11-25/h4-7,14H,8-13,15-16H2,1-3H3,(H,21,22). The van der Waals surface area contributed by atoms with Crippen molar-refractivity contribution in [2.24, 2.45) is 0 Å². The van der Waals surface area contributed by atoms with E-state index in [0.717, 1.165) is 63.9 Å². The zero-order chi connectivity index (χ0) is 18.4. The Labute approximate surface area is 156 Å². The smallest absolute Gasteiger partial charge is 0.123 e. The van der Waals surface area contributed by atoms with Crippen LogP contribution in [0.4, 0.5) is 0 Å². The lowest BCUT2D eigenvalue weighted by Gasteiger charge is -2.32. The predicted octanol–water partition coefficient (Wildman–Crippen LogP) is 1.98. The van der Waals surface area contributed by atoms with E-state index in [9.17, 15) is 0 Å². The maximum atomic E-state index is 6.13. The molecule has 0 bridgehead atoms. The lowest BCUT2D eigenvalue weighted by molar-refractivity contribution is 0.133. The number of nitrogens with zero attached hydrogens (tertiary/aromatic N) is 4. The highest BCUT2D eigenvalue weighted by Gasteiger charge is 2.14. The Kier molecular flexibility index (Phi) is 6.66. The van der Waals surface area contributed by atoms with Gasteiger partial charge in [0.1, 0.15) is 12.4 Å². The van der Waals surface area contributed by atoms with E-state index in [1.807, 2.05) is 6.20 Å². The molecule has 3 rings (SSSR count). The number of nitrogens with one attached hydrogen (secondary N) is 1. The van der Waals surface area contributed by atoms with Crippen molar-refractivity contribution in [2.45, 2.75) is 20.0 Å². The van der Waals surface area contributed by atoms with Crippen LogP contribution >= 0.6 is 0 Å². The summed E-state index contributed by atoms with van der Waals surface area (Å²) in [5, 5.41) is 7.11. The molecule has 142 valence electrons. The van der Waals surface area contributed by atoms with Crippen LogP contribution in [0.25, 0.3) is 0 Å². The Hall–Kier alpha value is -1.89. The zero-order valence-electron chi connectivity index (χ0n) is 16.2. The second kappa shape index (κ2) is 9.16. The van der Waals surface area contributed by atoms with Crippen LogP contribution in [0.5, 0.6) is 5.75 Å². The average molecular weight is 358 g/mol. The molecule has 0 unspecified atom stereocenters. The normalized spacial score (nSPS) is 16.3. The fourth-order valence-corrected chi connectivity index (χ4v) is 3.30. The first kappa shape index (κ1) is 18.9. The van der Waals surface area contributed by atoms with Gasteiger partial charge in [-0.1, -0.05) is 18.2 Å². The molecule has 0 spiro atoms. The van der Waals surface area contributed by atoms with E-state index in [2.05, 4.69) is 70.2 Å². The number of likely N-dealkylation sites (N-methyl/N-ethyl adjacent to an activating group) is 1. The van der Waals surface area contributed by atoms with Crippen LogP contribution in [-0.4, -0.2) is 78.3 Å². The molecule has 0 aliphatic carbocycles. The van der Waals surface area contributed by atoms with Crippen LogP contribution in [0, 0.1) is 6.92 Å². The largest absolute Gasteiger partial charge is 0.492 e. The highest BCUT2D eigenvalue weighted by atomic mass is 16.5. The molecule has 0 saturated carbocycles. The third kappa shape index (κ3) is 5.30. The van der Waals surface area contributed by atoms with Crippen molar-refractivity contribution in [1.82, 2.24) is 24.9 Å². The highest BCUT2D eigenvalue weighted by molar-refractivity contribution is 5.33. The number of ether oxygens (including phenoxy) is 1. The molecule has 1 N–H and O–H groups in total. The zero-order valence-corrected chi connectivity index (χ0v) is 16.2. The lowest BCUT2D eigenvalue weighted by Crippen LogP contribution is -2.45. The molecule has 6 heteroatoms. The summed E-state index contributed by atoms with van der Waals surface area (Å²) in [6.45, 7) is 10.1. The van der Waals surface area contributed by atoms with E-state index in [1.54, 1.807) is 0 Å². The Bertz CT molecular complexity index is 678. The highest BCUT2D eigenvalue weighted by Crippen LogP contribution is 2.20. The number of piperazine rings is 1. The monoisotopic (exact) mass is 357 g/mol. The van der Waals surface area contributed by atoms with Gasteiger partial charge >= 0.3 is 0 Å². The molecule has 1 saturated heterocycles. The summed E-state index contributed by atoms with van der Waals surface area (Å²) >= 11 is 0. The van der Waals surface area contributed by atoms with E-state index >= 15 is 0 Å². The number of aromatic amines is 1. The third-order valence-corrected chi connectivity index (χ3v) is 5.05. The molecule has 1 aliphatic heterocycles. The van der Waals surface area contributed by atoms with Crippen LogP contribution in [0.2, 0.25) is 0 Å². The molecule has 1 aromatic heterocycles. The number of aryl methyl sites for hydroxylation is 1. The Morgan fingerprint density at radius 1 is 1.12 bits per heavy atom. The number of rotatable bonds is 8. The van der Waals surface area contributed by atoms with Crippen LogP contribution < -0.4 is 4.74 Å². The molecule has 0 amide bonds. The summed E-state index contributed by atoms with van der Waals surface area (Å²) in [5.41, 5.74) is 3.60. The van der Waals surface area contributed by atoms with Gasteiger partial charge < -0.3 is 9.64 Å². The van der Waals surface area contributed by atoms with Crippen molar-refractivity contribution in [1.29, 1.82) is 0 Å². The number of H-pyrrole nitrogens is 1. The molecular weight excluding hydrogens is 326 g/mol. The number of hydrogen-bond donors (Lipinski definition) is 1. The summed E-state index contributed by atoms with van der Waals surface area (Å²) in [6, 6.07) is 8.37. The Morgan fingerprint density at radius 2 is 1.85 bits per heavy atom. The van der Waals surface area contributed by atoms with Gasteiger partial charge in [-0.15, -0.1) is 0 Å². The summed E-state index contributed by atoms with van der Waals surface area (Å²) in [7, 11) is 4.32.